The second kappa shape index (κ2) is 7.68. The van der Waals surface area contributed by atoms with E-state index in [9.17, 15) is 17.6 Å². The summed E-state index contributed by atoms with van der Waals surface area (Å²) in [6, 6.07) is 5.66. The Labute approximate surface area is 156 Å². The van der Waals surface area contributed by atoms with Crippen LogP contribution in [0.5, 0.6) is 0 Å². The number of hydrogen-bond donors (Lipinski definition) is 0. The maximum absolute atomic E-state index is 14.2. The molecule has 0 heterocycles. The van der Waals surface area contributed by atoms with Crippen LogP contribution in [0.25, 0.3) is 16.1 Å². The van der Waals surface area contributed by atoms with Crippen molar-refractivity contribution in [2.45, 2.75) is 0 Å². The van der Waals surface area contributed by atoms with Gasteiger partial charge in [-0.2, -0.15) is 16.8 Å². The minimum absolute atomic E-state index is 0.0453. The van der Waals surface area contributed by atoms with E-state index in [1.54, 1.807) is 6.19 Å². The third kappa shape index (κ3) is 3.57. The number of nitrogens with zero attached hydrogens (tertiary/aromatic N) is 4. The van der Waals surface area contributed by atoms with Gasteiger partial charge in [0.05, 0.1) is 10.8 Å². The molecule has 136 valence electrons. The molecule has 0 spiro atoms. The van der Waals surface area contributed by atoms with Gasteiger partial charge in [-0.15, -0.1) is 4.95 Å². The SMILES string of the molecule is [C-]#[N+]/N=C1\C=C(c2ccc(F)cc2F)C(=NC#N)C=C1c1ccc(F)cc1F. The lowest BCUT2D eigenvalue weighted by Gasteiger charge is -2.17. The molecule has 28 heavy (non-hydrogen) atoms. The summed E-state index contributed by atoms with van der Waals surface area (Å²) in [5.74, 6) is -3.41. The lowest BCUT2D eigenvalue weighted by molar-refractivity contribution is 0.580. The third-order valence-electron chi connectivity index (χ3n) is 3.88. The first-order chi connectivity index (χ1) is 13.4. The molecule has 0 fully saturated rings. The van der Waals surface area contributed by atoms with E-state index in [2.05, 4.69) is 15.0 Å². The Morgan fingerprint density at radius 3 is 1.79 bits per heavy atom. The molecule has 0 bridgehead atoms. The molecule has 0 aromatic heterocycles. The molecule has 0 saturated carbocycles. The molecule has 1 aliphatic rings. The van der Waals surface area contributed by atoms with E-state index in [1.807, 2.05) is 0 Å². The Morgan fingerprint density at radius 2 is 1.32 bits per heavy atom. The molecule has 0 atom stereocenters. The van der Waals surface area contributed by atoms with Gasteiger partial charge >= 0.3 is 0 Å². The van der Waals surface area contributed by atoms with Crippen molar-refractivity contribution >= 4 is 22.6 Å². The molecule has 0 unspecified atom stereocenters. The average molecular weight is 380 g/mol. The van der Waals surface area contributed by atoms with Gasteiger partial charge in [-0.25, -0.2) is 17.6 Å². The molecular weight excluding hydrogens is 372 g/mol. The number of rotatable bonds is 2. The average Bonchev–Trinajstić information content (AvgIpc) is 2.64. The number of hydrogen-bond acceptors (Lipinski definition) is 3. The van der Waals surface area contributed by atoms with Crippen LogP contribution in [0, 0.1) is 41.3 Å². The highest BCUT2D eigenvalue weighted by Gasteiger charge is 2.25. The summed E-state index contributed by atoms with van der Waals surface area (Å²) in [7, 11) is 0. The molecular formula is C20H8F4N4. The lowest BCUT2D eigenvalue weighted by Crippen LogP contribution is -2.14. The van der Waals surface area contributed by atoms with Crippen molar-refractivity contribution in [1.29, 1.82) is 5.26 Å². The van der Waals surface area contributed by atoms with Gasteiger partial charge < -0.3 is 0 Å². The van der Waals surface area contributed by atoms with Gasteiger partial charge in [-0.1, -0.05) is 0 Å². The van der Waals surface area contributed by atoms with Crippen molar-refractivity contribution in [3.05, 3.63) is 94.5 Å². The first kappa shape index (κ1) is 18.7. The predicted octanol–water partition coefficient (Wildman–Crippen LogP) is 4.92. The van der Waals surface area contributed by atoms with Crippen LogP contribution in [0.1, 0.15) is 11.1 Å². The highest BCUT2D eigenvalue weighted by atomic mass is 19.1. The second-order valence-electron chi connectivity index (χ2n) is 5.55. The Morgan fingerprint density at radius 1 is 0.821 bits per heavy atom. The molecule has 3 rings (SSSR count). The summed E-state index contributed by atoms with van der Waals surface area (Å²) in [4.78, 5) is 6.53. The number of nitriles is 1. The van der Waals surface area contributed by atoms with E-state index in [4.69, 9.17) is 11.8 Å². The van der Waals surface area contributed by atoms with Crippen molar-refractivity contribution in [3.63, 3.8) is 0 Å². The van der Waals surface area contributed by atoms with E-state index in [0.29, 0.717) is 12.1 Å². The van der Waals surface area contributed by atoms with Crippen molar-refractivity contribution in [1.82, 2.24) is 0 Å². The summed E-state index contributed by atoms with van der Waals surface area (Å²) < 4.78 is 55.0. The molecule has 4 nitrogen and oxygen atoms in total. The number of allylic oxidation sites excluding steroid dienone is 4. The van der Waals surface area contributed by atoms with Gasteiger partial charge in [0, 0.05) is 34.4 Å². The van der Waals surface area contributed by atoms with E-state index >= 15 is 0 Å². The molecule has 0 N–H and O–H groups in total. The standard InChI is InChI=1S/C20H8F4N4/c1-26-28-20-9-15(13-4-2-11(21)6-17(13)23)19(27-10-25)8-16(20)14-5-3-12(22)7-18(14)24/h2-9H/b27-19?,28-20+. The summed E-state index contributed by atoms with van der Waals surface area (Å²) in [5, 5.41) is 12.6. The fourth-order valence-corrected chi connectivity index (χ4v) is 2.71. The molecule has 0 amide bonds. The minimum Gasteiger partial charge on any atom is -0.207 e. The fourth-order valence-electron chi connectivity index (χ4n) is 2.71. The van der Waals surface area contributed by atoms with Crippen LogP contribution >= 0.6 is 0 Å². The van der Waals surface area contributed by atoms with Gasteiger partial charge in [0.15, 0.2) is 5.71 Å². The Bertz CT molecular complexity index is 1080. The van der Waals surface area contributed by atoms with Gasteiger partial charge in [-0.3, -0.25) is 0 Å². The minimum atomic E-state index is -0.913. The molecule has 0 aliphatic heterocycles. The van der Waals surface area contributed by atoms with Crippen LogP contribution in [-0.2, 0) is 0 Å². The molecule has 2 aromatic rings. The maximum Gasteiger partial charge on any atom is 0.206 e. The van der Waals surface area contributed by atoms with E-state index < -0.39 is 23.3 Å². The summed E-state index contributed by atoms with van der Waals surface area (Å²) >= 11 is 0. The number of benzene rings is 2. The monoisotopic (exact) mass is 380 g/mol. The summed E-state index contributed by atoms with van der Waals surface area (Å²) in [6.45, 7) is 6.97. The van der Waals surface area contributed by atoms with Crippen molar-refractivity contribution in [2.24, 2.45) is 10.1 Å². The van der Waals surface area contributed by atoms with Gasteiger partial charge in [0.2, 0.25) is 6.19 Å². The van der Waals surface area contributed by atoms with Crippen LogP contribution in [-0.4, -0.2) is 11.4 Å². The zero-order valence-electron chi connectivity index (χ0n) is 13.9. The largest absolute Gasteiger partial charge is 0.207 e. The summed E-state index contributed by atoms with van der Waals surface area (Å²) in [5.41, 5.74) is -0.124. The smallest absolute Gasteiger partial charge is 0.206 e. The van der Waals surface area contributed by atoms with Crippen molar-refractivity contribution < 1.29 is 17.6 Å². The second-order valence-corrected chi connectivity index (χ2v) is 5.55. The summed E-state index contributed by atoms with van der Waals surface area (Å²) in [6.07, 6.45) is 4.04. The third-order valence-corrected chi connectivity index (χ3v) is 3.88. The van der Waals surface area contributed by atoms with Gasteiger partial charge in [0.1, 0.15) is 23.3 Å². The molecule has 0 radical (unpaired) electrons. The van der Waals surface area contributed by atoms with Gasteiger partial charge in [-0.05, 0) is 36.4 Å². The van der Waals surface area contributed by atoms with Crippen LogP contribution in [0.3, 0.4) is 0 Å². The Hall–Kier alpha value is -4.04. The Balaban J connectivity index is 2.24. The van der Waals surface area contributed by atoms with E-state index in [-0.39, 0.29) is 33.7 Å². The van der Waals surface area contributed by atoms with Gasteiger partial charge in [0.25, 0.3) is 0 Å². The van der Waals surface area contributed by atoms with Crippen LogP contribution in [0.15, 0.2) is 58.6 Å². The first-order valence-corrected chi connectivity index (χ1v) is 7.70. The zero-order valence-corrected chi connectivity index (χ0v) is 13.9. The topological polar surface area (TPSA) is 52.9 Å². The number of halogens is 4. The highest BCUT2D eigenvalue weighted by Crippen LogP contribution is 2.31. The maximum atomic E-state index is 14.2. The van der Waals surface area contributed by atoms with Crippen LogP contribution < -0.4 is 0 Å². The number of aliphatic imine (C=N–C) groups is 1. The van der Waals surface area contributed by atoms with E-state index in [0.717, 1.165) is 24.3 Å². The highest BCUT2D eigenvalue weighted by molar-refractivity contribution is 6.46. The van der Waals surface area contributed by atoms with Crippen molar-refractivity contribution in [3.8, 4) is 6.19 Å². The van der Waals surface area contributed by atoms with Crippen LogP contribution in [0.2, 0.25) is 0 Å². The first-order valence-electron chi connectivity index (χ1n) is 7.70. The zero-order chi connectivity index (χ0) is 20.3. The molecule has 1 aliphatic carbocycles. The van der Waals surface area contributed by atoms with Crippen molar-refractivity contribution in [2.75, 3.05) is 0 Å². The lowest BCUT2D eigenvalue weighted by atomic mass is 9.87. The molecule has 8 heteroatoms. The predicted molar refractivity (Wildman–Crippen MR) is 95.8 cm³/mol. The quantitative estimate of drug-likeness (QED) is 0.240. The molecule has 0 saturated heterocycles. The fraction of sp³-hybridized carbons (Fsp3) is 0. The van der Waals surface area contributed by atoms with E-state index in [1.165, 1.54) is 12.2 Å². The Kier molecular flexibility index (Phi) is 5.14. The van der Waals surface area contributed by atoms with Crippen LogP contribution in [0.4, 0.5) is 17.6 Å². The molecule has 2 aromatic carbocycles. The normalized spacial score (nSPS) is 16.4.